The number of rotatable bonds is 5. The molecule has 3 N–H and O–H groups in total. The smallest absolute Gasteiger partial charge is 0.338 e. The van der Waals surface area contributed by atoms with Crippen LogP contribution < -0.4 is 11.1 Å². The molecule has 0 atom stereocenters. The molecule has 1 aromatic rings. The Morgan fingerprint density at radius 1 is 1.47 bits per heavy atom. The van der Waals surface area contributed by atoms with Gasteiger partial charge in [-0.1, -0.05) is 0 Å². The number of benzene rings is 1. The minimum atomic E-state index is -0.325. The van der Waals surface area contributed by atoms with Gasteiger partial charge in [-0.25, -0.2) is 4.79 Å². The van der Waals surface area contributed by atoms with Crippen LogP contribution in [0, 0.1) is 0 Å². The van der Waals surface area contributed by atoms with Gasteiger partial charge in [0.2, 0.25) is 0 Å². The van der Waals surface area contributed by atoms with Crippen molar-refractivity contribution in [1.29, 1.82) is 0 Å². The quantitative estimate of drug-likeness (QED) is 0.629. The lowest BCUT2D eigenvalue weighted by Crippen LogP contribution is -2.40. The molecule has 1 aliphatic rings. The number of methoxy groups -OCH3 is 1. The molecule has 0 saturated heterocycles. The Hall–Kier alpha value is -1.75. The Bertz CT molecular complexity index is 456. The van der Waals surface area contributed by atoms with Gasteiger partial charge in [0.25, 0.3) is 0 Å². The van der Waals surface area contributed by atoms with Crippen molar-refractivity contribution in [3.05, 3.63) is 23.8 Å². The average molecular weight is 264 g/mol. The summed E-state index contributed by atoms with van der Waals surface area (Å²) in [6, 6.07) is 5.50. The molecule has 0 unspecified atom stereocenters. The molecule has 1 fully saturated rings. The number of hydrogen-bond acceptors (Lipinski definition) is 5. The third-order valence-electron chi connectivity index (χ3n) is 3.35. The summed E-state index contributed by atoms with van der Waals surface area (Å²) in [5.74, 6) is -0.325. The molecule has 19 heavy (non-hydrogen) atoms. The first kappa shape index (κ1) is 13.7. The van der Waals surface area contributed by atoms with E-state index in [1.54, 1.807) is 32.2 Å². The lowest BCUT2D eigenvalue weighted by Gasteiger charge is -2.35. The van der Waals surface area contributed by atoms with Crippen LogP contribution in [-0.4, -0.2) is 31.8 Å². The molecule has 2 rings (SSSR count). The third kappa shape index (κ3) is 3.17. The van der Waals surface area contributed by atoms with E-state index in [4.69, 9.17) is 15.2 Å². The Morgan fingerprint density at radius 3 is 2.84 bits per heavy atom. The van der Waals surface area contributed by atoms with Crippen molar-refractivity contribution in [3.8, 4) is 0 Å². The van der Waals surface area contributed by atoms with Crippen LogP contribution >= 0.6 is 0 Å². The maximum atomic E-state index is 11.7. The number of ether oxygens (including phenoxy) is 2. The van der Waals surface area contributed by atoms with Gasteiger partial charge in [0.05, 0.1) is 29.6 Å². The molecular weight excluding hydrogens is 244 g/mol. The fraction of sp³-hybridized carbons (Fsp3) is 0.500. The highest BCUT2D eigenvalue weighted by molar-refractivity contribution is 5.92. The van der Waals surface area contributed by atoms with E-state index < -0.39 is 0 Å². The van der Waals surface area contributed by atoms with Gasteiger partial charge in [0, 0.05) is 13.2 Å². The molecule has 0 heterocycles. The number of carbonyl (C=O) groups excluding carboxylic acids is 1. The minimum absolute atomic E-state index is 0.325. The van der Waals surface area contributed by atoms with Crippen molar-refractivity contribution in [2.75, 3.05) is 24.8 Å². The molecule has 0 spiro atoms. The van der Waals surface area contributed by atoms with Crippen LogP contribution in [0.15, 0.2) is 18.2 Å². The number of esters is 1. The zero-order valence-electron chi connectivity index (χ0n) is 11.3. The molecule has 0 radical (unpaired) electrons. The largest absolute Gasteiger partial charge is 0.462 e. The average Bonchev–Trinajstić information content (AvgIpc) is 2.35. The number of hydrogen-bond donors (Lipinski definition) is 2. The van der Waals surface area contributed by atoms with Crippen molar-refractivity contribution in [2.45, 2.75) is 31.9 Å². The number of nitrogens with two attached hydrogens (primary N) is 1. The molecular formula is C14H20N2O3. The highest BCUT2D eigenvalue weighted by Crippen LogP contribution is 2.29. The SMILES string of the molecule is CCOC(=O)c1ccc(N)c(NC2CC(OC)C2)c1. The van der Waals surface area contributed by atoms with E-state index in [9.17, 15) is 4.79 Å². The maximum absolute atomic E-state index is 11.7. The van der Waals surface area contributed by atoms with E-state index >= 15 is 0 Å². The van der Waals surface area contributed by atoms with E-state index in [-0.39, 0.29) is 5.97 Å². The van der Waals surface area contributed by atoms with Crippen LogP contribution in [0.25, 0.3) is 0 Å². The van der Waals surface area contributed by atoms with Crippen molar-refractivity contribution >= 4 is 17.3 Å². The summed E-state index contributed by atoms with van der Waals surface area (Å²) in [5.41, 5.74) is 7.84. The Labute approximate surface area is 113 Å². The molecule has 0 amide bonds. The van der Waals surface area contributed by atoms with Crippen molar-refractivity contribution < 1.29 is 14.3 Å². The van der Waals surface area contributed by atoms with Crippen LogP contribution in [0.5, 0.6) is 0 Å². The Balaban J connectivity index is 2.03. The maximum Gasteiger partial charge on any atom is 0.338 e. The summed E-state index contributed by atoms with van der Waals surface area (Å²) >= 11 is 0. The summed E-state index contributed by atoms with van der Waals surface area (Å²) in [4.78, 5) is 11.7. The van der Waals surface area contributed by atoms with Crippen molar-refractivity contribution in [1.82, 2.24) is 0 Å². The molecule has 1 aliphatic carbocycles. The number of anilines is 2. The molecule has 5 nitrogen and oxygen atoms in total. The topological polar surface area (TPSA) is 73.6 Å². The van der Waals surface area contributed by atoms with Gasteiger partial charge in [-0.2, -0.15) is 0 Å². The second kappa shape index (κ2) is 5.93. The lowest BCUT2D eigenvalue weighted by molar-refractivity contribution is 0.0328. The molecule has 1 saturated carbocycles. The van der Waals surface area contributed by atoms with Gasteiger partial charge >= 0.3 is 5.97 Å². The first-order valence-electron chi connectivity index (χ1n) is 6.50. The fourth-order valence-electron chi connectivity index (χ4n) is 2.12. The first-order valence-corrected chi connectivity index (χ1v) is 6.50. The second-order valence-corrected chi connectivity index (χ2v) is 4.69. The number of nitrogens with one attached hydrogen (secondary N) is 1. The molecule has 0 aromatic heterocycles. The fourth-order valence-corrected chi connectivity index (χ4v) is 2.12. The van der Waals surface area contributed by atoms with E-state index in [1.165, 1.54) is 0 Å². The normalized spacial score (nSPS) is 21.6. The summed E-state index contributed by atoms with van der Waals surface area (Å²) in [6.07, 6.45) is 2.24. The standard InChI is InChI=1S/C14H20N2O3/c1-3-19-14(17)9-4-5-12(15)13(6-9)16-10-7-11(8-10)18-2/h4-6,10-11,16H,3,7-8,15H2,1-2H3. The molecule has 104 valence electrons. The van der Waals surface area contributed by atoms with Crippen LogP contribution in [0.3, 0.4) is 0 Å². The highest BCUT2D eigenvalue weighted by Gasteiger charge is 2.29. The van der Waals surface area contributed by atoms with Gasteiger partial charge in [-0.3, -0.25) is 0 Å². The van der Waals surface area contributed by atoms with Gasteiger partial charge in [0.15, 0.2) is 0 Å². The summed E-state index contributed by atoms with van der Waals surface area (Å²) in [7, 11) is 1.72. The van der Waals surface area contributed by atoms with E-state index in [0.717, 1.165) is 18.5 Å². The number of carbonyl (C=O) groups is 1. The van der Waals surface area contributed by atoms with Crippen LogP contribution in [0.1, 0.15) is 30.1 Å². The third-order valence-corrected chi connectivity index (χ3v) is 3.35. The van der Waals surface area contributed by atoms with Gasteiger partial charge in [0.1, 0.15) is 0 Å². The zero-order valence-corrected chi connectivity index (χ0v) is 11.3. The monoisotopic (exact) mass is 264 g/mol. The number of nitrogen functional groups attached to an aromatic ring is 1. The second-order valence-electron chi connectivity index (χ2n) is 4.69. The predicted molar refractivity (Wildman–Crippen MR) is 74.3 cm³/mol. The predicted octanol–water partition coefficient (Wildman–Crippen LogP) is 2.03. The molecule has 0 aliphatic heterocycles. The van der Waals surface area contributed by atoms with Crippen LogP contribution in [0.4, 0.5) is 11.4 Å². The van der Waals surface area contributed by atoms with Crippen molar-refractivity contribution in [3.63, 3.8) is 0 Å². The lowest BCUT2D eigenvalue weighted by atomic mass is 9.89. The van der Waals surface area contributed by atoms with Gasteiger partial charge in [-0.05, 0) is 38.0 Å². The summed E-state index contributed by atoms with van der Waals surface area (Å²) in [5, 5.41) is 3.34. The van der Waals surface area contributed by atoms with E-state index in [1.807, 2.05) is 0 Å². The summed E-state index contributed by atoms with van der Waals surface area (Å²) in [6.45, 7) is 2.15. The van der Waals surface area contributed by atoms with E-state index in [0.29, 0.717) is 30.0 Å². The highest BCUT2D eigenvalue weighted by atomic mass is 16.5. The van der Waals surface area contributed by atoms with E-state index in [2.05, 4.69) is 5.32 Å². The Kier molecular flexibility index (Phi) is 4.27. The Morgan fingerprint density at radius 2 is 2.21 bits per heavy atom. The van der Waals surface area contributed by atoms with Crippen LogP contribution in [-0.2, 0) is 9.47 Å². The molecule has 0 bridgehead atoms. The first-order chi connectivity index (χ1) is 9.13. The summed E-state index contributed by atoms with van der Waals surface area (Å²) < 4.78 is 10.2. The van der Waals surface area contributed by atoms with Gasteiger partial charge in [-0.15, -0.1) is 0 Å². The van der Waals surface area contributed by atoms with Crippen molar-refractivity contribution in [2.24, 2.45) is 0 Å². The molecule has 1 aromatic carbocycles. The van der Waals surface area contributed by atoms with Crippen LogP contribution in [0.2, 0.25) is 0 Å². The molecule has 5 heteroatoms. The van der Waals surface area contributed by atoms with Gasteiger partial charge < -0.3 is 20.5 Å². The zero-order chi connectivity index (χ0) is 13.8. The minimum Gasteiger partial charge on any atom is -0.462 e.